The number of aliphatic hydroxyl groups is 1. The minimum atomic E-state index is -0.543. The number of aliphatic hydroxyl groups excluding tert-OH is 1. The average Bonchev–Trinajstić information content (AvgIpc) is 3.16. The van der Waals surface area contributed by atoms with Crippen LogP contribution in [0.1, 0.15) is 37.7 Å². The van der Waals surface area contributed by atoms with Gasteiger partial charge >= 0.3 is 6.03 Å². The summed E-state index contributed by atoms with van der Waals surface area (Å²) in [6.07, 6.45) is 0.397. The van der Waals surface area contributed by atoms with Crippen molar-refractivity contribution in [2.24, 2.45) is 0 Å². The summed E-state index contributed by atoms with van der Waals surface area (Å²) in [4.78, 5) is 24.5. The van der Waals surface area contributed by atoms with E-state index in [1.165, 1.54) is 24.3 Å². The number of urea groups is 1. The largest absolute Gasteiger partial charge is 0.487 e. The fraction of sp³-hybridized carbons (Fsp3) is 0.417. The monoisotopic (exact) mass is 457 g/mol. The fourth-order valence-electron chi connectivity index (χ4n) is 4.34. The molecule has 2 aliphatic heterocycles. The van der Waals surface area contributed by atoms with Crippen molar-refractivity contribution in [2.45, 2.75) is 50.4 Å². The topological polar surface area (TPSA) is 109 Å². The molecule has 3 amide bonds. The third kappa shape index (κ3) is 5.43. The second-order valence-electron chi connectivity index (χ2n) is 8.30. The number of halogens is 1. The van der Waals surface area contributed by atoms with E-state index < -0.39 is 12.1 Å². The maximum Gasteiger partial charge on any atom is 0.323 e. The molecule has 9 heteroatoms. The lowest BCUT2D eigenvalue weighted by Crippen LogP contribution is -2.47. The van der Waals surface area contributed by atoms with Crippen LogP contribution in [-0.4, -0.2) is 48.5 Å². The van der Waals surface area contributed by atoms with E-state index in [0.29, 0.717) is 30.1 Å². The maximum absolute atomic E-state index is 13.1. The quantitative estimate of drug-likeness (QED) is 0.510. The predicted molar refractivity (Wildman–Crippen MR) is 121 cm³/mol. The van der Waals surface area contributed by atoms with Crippen LogP contribution in [0, 0.1) is 5.82 Å². The summed E-state index contributed by atoms with van der Waals surface area (Å²) in [5.74, 6) is 0.140. The van der Waals surface area contributed by atoms with Gasteiger partial charge in [-0.05, 0) is 55.3 Å². The summed E-state index contributed by atoms with van der Waals surface area (Å²) >= 11 is 0. The fourth-order valence-corrected chi connectivity index (χ4v) is 4.34. The molecule has 2 aliphatic rings. The zero-order valence-corrected chi connectivity index (χ0v) is 18.3. The molecular formula is C24H28FN3O5. The molecule has 0 unspecified atom stereocenters. The number of benzene rings is 2. The number of fused-ring (bicyclic) bond motifs is 3. The van der Waals surface area contributed by atoms with Gasteiger partial charge in [0.15, 0.2) is 0 Å². The Morgan fingerprint density at radius 3 is 2.58 bits per heavy atom. The van der Waals surface area contributed by atoms with Gasteiger partial charge in [-0.15, -0.1) is 0 Å². The van der Waals surface area contributed by atoms with Crippen LogP contribution in [0.4, 0.5) is 20.6 Å². The highest BCUT2D eigenvalue weighted by Gasteiger charge is 2.46. The summed E-state index contributed by atoms with van der Waals surface area (Å²) in [5.41, 5.74) is 1.94. The second kappa shape index (κ2) is 10.2. The van der Waals surface area contributed by atoms with E-state index >= 15 is 0 Å². The van der Waals surface area contributed by atoms with Gasteiger partial charge in [0.05, 0.1) is 19.1 Å². The second-order valence-corrected chi connectivity index (χ2v) is 8.30. The number of ether oxygens (including phenoxy) is 2. The molecule has 8 nitrogen and oxygen atoms in total. The van der Waals surface area contributed by atoms with Crippen molar-refractivity contribution in [3.8, 4) is 5.75 Å². The van der Waals surface area contributed by atoms with Gasteiger partial charge in [0.1, 0.15) is 23.8 Å². The van der Waals surface area contributed by atoms with Crippen molar-refractivity contribution >= 4 is 23.3 Å². The molecule has 4 atom stereocenters. The average molecular weight is 458 g/mol. The van der Waals surface area contributed by atoms with Crippen LogP contribution in [0.15, 0.2) is 42.5 Å². The molecule has 0 aliphatic carbocycles. The van der Waals surface area contributed by atoms with Gasteiger partial charge < -0.3 is 30.5 Å². The number of anilines is 2. The number of nitrogens with one attached hydrogen (secondary N) is 3. The van der Waals surface area contributed by atoms with Gasteiger partial charge in [0.25, 0.3) is 0 Å². The normalized spacial score (nSPS) is 23.1. The lowest BCUT2D eigenvalue weighted by atomic mass is 9.84. The van der Waals surface area contributed by atoms with Gasteiger partial charge in [-0.25, -0.2) is 9.18 Å². The molecule has 33 heavy (non-hydrogen) atoms. The summed E-state index contributed by atoms with van der Waals surface area (Å²) < 4.78 is 25.1. The van der Waals surface area contributed by atoms with Crippen LogP contribution in [-0.2, 0) is 9.53 Å². The Kier molecular flexibility index (Phi) is 7.10. The van der Waals surface area contributed by atoms with Crippen LogP contribution in [0.3, 0.4) is 0 Å². The van der Waals surface area contributed by atoms with Gasteiger partial charge in [0, 0.05) is 29.4 Å². The highest BCUT2D eigenvalue weighted by atomic mass is 19.1. The molecule has 176 valence electrons. The Morgan fingerprint density at radius 1 is 1.12 bits per heavy atom. The molecule has 0 spiro atoms. The highest BCUT2D eigenvalue weighted by molar-refractivity contribution is 5.99. The molecule has 0 saturated carbocycles. The highest BCUT2D eigenvalue weighted by Crippen LogP contribution is 2.47. The molecule has 1 fully saturated rings. The molecule has 1 saturated heterocycles. The van der Waals surface area contributed by atoms with Gasteiger partial charge in [-0.1, -0.05) is 6.92 Å². The minimum absolute atomic E-state index is 0.0724. The van der Waals surface area contributed by atoms with E-state index in [1.807, 2.05) is 13.0 Å². The lowest BCUT2D eigenvalue weighted by Gasteiger charge is -2.37. The summed E-state index contributed by atoms with van der Waals surface area (Å²) in [6.45, 7) is 2.39. The van der Waals surface area contributed by atoms with Crippen molar-refractivity contribution in [1.82, 2.24) is 5.32 Å². The van der Waals surface area contributed by atoms with E-state index in [1.54, 1.807) is 12.1 Å². The third-order valence-corrected chi connectivity index (χ3v) is 5.84. The first-order valence-corrected chi connectivity index (χ1v) is 11.1. The zero-order chi connectivity index (χ0) is 23.4. The first-order valence-electron chi connectivity index (χ1n) is 11.1. The Bertz CT molecular complexity index is 1000. The third-order valence-electron chi connectivity index (χ3n) is 5.84. The van der Waals surface area contributed by atoms with E-state index in [4.69, 9.17) is 9.47 Å². The van der Waals surface area contributed by atoms with Crippen LogP contribution in [0.2, 0.25) is 0 Å². The van der Waals surface area contributed by atoms with Crippen LogP contribution in [0.5, 0.6) is 5.75 Å². The number of rotatable bonds is 7. The number of carbonyl (C=O) groups is 2. The molecule has 4 N–H and O–H groups in total. The smallest absolute Gasteiger partial charge is 0.323 e. The minimum Gasteiger partial charge on any atom is -0.487 e. The van der Waals surface area contributed by atoms with Crippen molar-refractivity contribution in [2.75, 3.05) is 23.8 Å². The molecule has 0 aromatic heterocycles. The Balaban J connectivity index is 1.45. The Morgan fingerprint density at radius 2 is 1.85 bits per heavy atom. The van der Waals surface area contributed by atoms with Crippen molar-refractivity contribution in [3.05, 3.63) is 53.8 Å². The molecule has 2 aromatic carbocycles. The van der Waals surface area contributed by atoms with Crippen molar-refractivity contribution in [1.29, 1.82) is 0 Å². The van der Waals surface area contributed by atoms with E-state index in [2.05, 4.69) is 16.0 Å². The first kappa shape index (κ1) is 23.0. The van der Waals surface area contributed by atoms with Crippen LogP contribution >= 0.6 is 0 Å². The predicted octanol–water partition coefficient (Wildman–Crippen LogP) is 3.38. The van der Waals surface area contributed by atoms with Gasteiger partial charge in [0.2, 0.25) is 5.91 Å². The van der Waals surface area contributed by atoms with Crippen LogP contribution < -0.4 is 20.7 Å². The molecule has 0 radical (unpaired) electrons. The Hall–Kier alpha value is -3.17. The number of carbonyl (C=O) groups excluding carboxylic acids is 2. The summed E-state index contributed by atoms with van der Waals surface area (Å²) in [6, 6.07) is 10.4. The van der Waals surface area contributed by atoms with Crippen molar-refractivity contribution < 1.29 is 28.6 Å². The number of hydrogen-bond donors (Lipinski definition) is 4. The first-order chi connectivity index (χ1) is 16.0. The number of amides is 3. The van der Waals surface area contributed by atoms with E-state index in [0.717, 1.165) is 12.0 Å². The molecule has 2 heterocycles. The molecular weight excluding hydrogens is 429 g/mol. The zero-order valence-electron chi connectivity index (χ0n) is 18.3. The van der Waals surface area contributed by atoms with E-state index in [-0.39, 0.29) is 42.9 Å². The molecule has 2 aromatic rings. The summed E-state index contributed by atoms with van der Waals surface area (Å²) in [7, 11) is 0. The molecule has 0 bridgehead atoms. The van der Waals surface area contributed by atoms with Crippen molar-refractivity contribution in [3.63, 3.8) is 0 Å². The standard InChI is InChI=1S/C24H28FN3O5/c1-2-9-26-22(30)12-17-11-19-18-10-16(7-8-20(18)33-23(19)21(13-29)32-17)28-24(31)27-15-5-3-14(25)4-6-15/h3-8,10,17,19,21,23,29H,2,9,11-13H2,1H3,(H,26,30)(H2,27,28,31)/t17-,19+,21-,23-/m1/s1. The SMILES string of the molecule is CCCNC(=O)C[C@H]1C[C@H]2c3cc(NC(=O)Nc4ccc(F)cc4)ccc3O[C@H]2[C@@H](CO)O1. The van der Waals surface area contributed by atoms with Gasteiger partial charge in [-0.3, -0.25) is 4.79 Å². The van der Waals surface area contributed by atoms with E-state index in [9.17, 15) is 19.1 Å². The number of hydrogen-bond acceptors (Lipinski definition) is 5. The maximum atomic E-state index is 13.1. The van der Waals surface area contributed by atoms with Gasteiger partial charge in [-0.2, -0.15) is 0 Å². The summed E-state index contributed by atoms with van der Waals surface area (Å²) in [5, 5.41) is 18.1. The lowest BCUT2D eigenvalue weighted by molar-refractivity contribution is -0.142. The van der Waals surface area contributed by atoms with Crippen LogP contribution in [0.25, 0.3) is 0 Å². The Labute approximate surface area is 191 Å². The molecule has 4 rings (SSSR count).